The summed E-state index contributed by atoms with van der Waals surface area (Å²) in [4.78, 5) is 14.0. The van der Waals surface area contributed by atoms with Gasteiger partial charge < -0.3 is 10.4 Å². The molecule has 0 aliphatic rings. The van der Waals surface area contributed by atoms with Crippen LogP contribution in [-0.4, -0.2) is 11.0 Å². The van der Waals surface area contributed by atoms with Crippen LogP contribution in [-0.2, 0) is 6.54 Å². The summed E-state index contributed by atoms with van der Waals surface area (Å²) < 4.78 is 13.5. The van der Waals surface area contributed by atoms with Crippen molar-refractivity contribution in [2.75, 3.05) is 0 Å². The van der Waals surface area contributed by atoms with Gasteiger partial charge in [0.1, 0.15) is 17.1 Å². The lowest BCUT2D eigenvalue weighted by molar-refractivity contribution is 0.0944. The molecular formula is C14H14FNO2S. The largest absolute Gasteiger partial charge is 0.507 e. The summed E-state index contributed by atoms with van der Waals surface area (Å²) in [5.74, 6) is -1.69. The number of rotatable bonds is 3. The Morgan fingerprint density at radius 3 is 2.74 bits per heavy atom. The third-order valence-electron chi connectivity index (χ3n) is 2.86. The molecule has 0 spiro atoms. The summed E-state index contributed by atoms with van der Waals surface area (Å²) in [6.07, 6.45) is 0. The van der Waals surface area contributed by atoms with E-state index in [0.717, 1.165) is 10.9 Å². The van der Waals surface area contributed by atoms with Crippen molar-refractivity contribution in [1.29, 1.82) is 0 Å². The predicted molar refractivity (Wildman–Crippen MR) is 73.0 cm³/mol. The number of halogens is 1. The van der Waals surface area contributed by atoms with Gasteiger partial charge in [-0.3, -0.25) is 4.79 Å². The third-order valence-corrected chi connectivity index (χ3v) is 4.01. The SMILES string of the molecule is Cc1cc(CNC(=O)c2c(O)cccc2F)sc1C. The van der Waals surface area contributed by atoms with Gasteiger partial charge in [0.25, 0.3) is 5.91 Å². The molecule has 0 unspecified atom stereocenters. The second-order valence-corrected chi connectivity index (χ2v) is 5.61. The summed E-state index contributed by atoms with van der Waals surface area (Å²) in [6.45, 7) is 4.33. The van der Waals surface area contributed by atoms with E-state index in [2.05, 4.69) is 5.32 Å². The van der Waals surface area contributed by atoms with E-state index in [1.165, 1.54) is 22.6 Å². The lowest BCUT2D eigenvalue weighted by Crippen LogP contribution is -2.23. The molecule has 0 bridgehead atoms. The molecule has 0 atom stereocenters. The van der Waals surface area contributed by atoms with E-state index < -0.39 is 11.7 Å². The molecule has 1 amide bonds. The van der Waals surface area contributed by atoms with Gasteiger partial charge in [0.15, 0.2) is 0 Å². The van der Waals surface area contributed by atoms with Crippen LogP contribution in [0.25, 0.3) is 0 Å². The van der Waals surface area contributed by atoms with Crippen LogP contribution >= 0.6 is 11.3 Å². The highest BCUT2D eigenvalue weighted by Gasteiger charge is 2.16. The first-order valence-corrected chi connectivity index (χ1v) is 6.62. The van der Waals surface area contributed by atoms with Crippen LogP contribution < -0.4 is 5.32 Å². The Morgan fingerprint density at radius 1 is 1.42 bits per heavy atom. The quantitative estimate of drug-likeness (QED) is 0.906. The maximum atomic E-state index is 13.5. The van der Waals surface area contributed by atoms with Gasteiger partial charge in [-0.2, -0.15) is 0 Å². The molecule has 5 heteroatoms. The first-order valence-electron chi connectivity index (χ1n) is 5.80. The minimum atomic E-state index is -0.726. The van der Waals surface area contributed by atoms with Crippen molar-refractivity contribution >= 4 is 17.2 Å². The molecule has 0 aliphatic carbocycles. The van der Waals surface area contributed by atoms with Gasteiger partial charge >= 0.3 is 0 Å². The van der Waals surface area contributed by atoms with Gasteiger partial charge in [0.2, 0.25) is 0 Å². The number of hydrogen-bond acceptors (Lipinski definition) is 3. The van der Waals surface area contributed by atoms with Crippen molar-refractivity contribution in [3.63, 3.8) is 0 Å². The monoisotopic (exact) mass is 279 g/mol. The fourth-order valence-corrected chi connectivity index (χ4v) is 2.72. The van der Waals surface area contributed by atoms with Gasteiger partial charge in [-0.05, 0) is 37.6 Å². The number of carbonyl (C=O) groups is 1. The van der Waals surface area contributed by atoms with Crippen molar-refractivity contribution in [2.24, 2.45) is 0 Å². The van der Waals surface area contributed by atoms with E-state index in [1.807, 2.05) is 19.9 Å². The molecular weight excluding hydrogens is 265 g/mol. The highest BCUT2D eigenvalue weighted by Crippen LogP contribution is 2.22. The normalized spacial score (nSPS) is 10.5. The van der Waals surface area contributed by atoms with E-state index >= 15 is 0 Å². The summed E-state index contributed by atoms with van der Waals surface area (Å²) in [5.41, 5.74) is 0.857. The smallest absolute Gasteiger partial charge is 0.258 e. The number of benzene rings is 1. The standard InChI is InChI=1S/C14H14FNO2S/c1-8-6-10(19-9(8)2)7-16-14(18)13-11(15)4-3-5-12(13)17/h3-6,17H,7H2,1-2H3,(H,16,18). The maximum Gasteiger partial charge on any atom is 0.258 e. The minimum absolute atomic E-state index is 0.312. The molecule has 1 heterocycles. The average Bonchev–Trinajstić information content (AvgIpc) is 2.66. The Morgan fingerprint density at radius 2 is 2.16 bits per heavy atom. The highest BCUT2D eigenvalue weighted by molar-refractivity contribution is 7.12. The molecule has 2 rings (SSSR count). The molecule has 19 heavy (non-hydrogen) atoms. The minimum Gasteiger partial charge on any atom is -0.507 e. The Hall–Kier alpha value is -1.88. The van der Waals surface area contributed by atoms with Crippen LogP contribution in [0.4, 0.5) is 4.39 Å². The lowest BCUT2D eigenvalue weighted by atomic mass is 10.1. The lowest BCUT2D eigenvalue weighted by Gasteiger charge is -2.06. The molecule has 1 aromatic carbocycles. The van der Waals surface area contributed by atoms with Gasteiger partial charge in [0, 0.05) is 9.75 Å². The number of carbonyl (C=O) groups excluding carboxylic acids is 1. The molecule has 100 valence electrons. The Balaban J connectivity index is 2.09. The van der Waals surface area contributed by atoms with Crippen molar-refractivity contribution in [2.45, 2.75) is 20.4 Å². The van der Waals surface area contributed by atoms with Crippen LogP contribution in [0.2, 0.25) is 0 Å². The van der Waals surface area contributed by atoms with Crippen LogP contribution in [0.5, 0.6) is 5.75 Å². The zero-order chi connectivity index (χ0) is 14.0. The van der Waals surface area contributed by atoms with Crippen LogP contribution in [0.3, 0.4) is 0 Å². The Labute approximate surface area is 114 Å². The van der Waals surface area contributed by atoms with Crippen LogP contribution in [0.1, 0.15) is 25.7 Å². The molecule has 3 nitrogen and oxygen atoms in total. The first kappa shape index (κ1) is 13.5. The molecule has 0 aliphatic heterocycles. The van der Waals surface area contributed by atoms with Gasteiger partial charge in [-0.15, -0.1) is 11.3 Å². The van der Waals surface area contributed by atoms with E-state index in [0.29, 0.717) is 6.54 Å². The molecule has 1 aromatic heterocycles. The molecule has 0 fully saturated rings. The number of phenols is 1. The first-order chi connectivity index (χ1) is 8.99. The number of phenolic OH excluding ortho intramolecular Hbond substituents is 1. The fraction of sp³-hybridized carbons (Fsp3) is 0.214. The fourth-order valence-electron chi connectivity index (χ4n) is 1.73. The number of amides is 1. The summed E-state index contributed by atoms with van der Waals surface area (Å²) in [5, 5.41) is 12.1. The van der Waals surface area contributed by atoms with Crippen LogP contribution in [0.15, 0.2) is 24.3 Å². The third kappa shape index (κ3) is 2.93. The van der Waals surface area contributed by atoms with Gasteiger partial charge in [-0.1, -0.05) is 6.07 Å². The number of nitrogens with one attached hydrogen (secondary N) is 1. The van der Waals surface area contributed by atoms with Crippen molar-refractivity contribution in [1.82, 2.24) is 5.32 Å². The van der Waals surface area contributed by atoms with Gasteiger partial charge in [0.05, 0.1) is 6.54 Å². The highest BCUT2D eigenvalue weighted by atomic mass is 32.1. The zero-order valence-corrected chi connectivity index (χ0v) is 11.5. The zero-order valence-electron chi connectivity index (χ0n) is 10.7. The Bertz CT molecular complexity index is 582. The molecule has 0 saturated carbocycles. The summed E-state index contributed by atoms with van der Waals surface area (Å²) >= 11 is 1.59. The maximum absolute atomic E-state index is 13.5. The summed E-state index contributed by atoms with van der Waals surface area (Å²) in [6, 6.07) is 5.78. The second-order valence-electron chi connectivity index (χ2n) is 4.27. The number of hydrogen-bond donors (Lipinski definition) is 2. The number of aromatic hydroxyl groups is 1. The van der Waals surface area contributed by atoms with E-state index in [-0.39, 0.29) is 11.3 Å². The van der Waals surface area contributed by atoms with E-state index in [1.54, 1.807) is 11.3 Å². The molecule has 0 saturated heterocycles. The van der Waals surface area contributed by atoms with Crippen molar-refractivity contribution < 1.29 is 14.3 Å². The molecule has 2 N–H and O–H groups in total. The Kier molecular flexibility index (Phi) is 3.85. The summed E-state index contributed by atoms with van der Waals surface area (Å²) in [7, 11) is 0. The second kappa shape index (κ2) is 5.40. The molecule has 2 aromatic rings. The van der Waals surface area contributed by atoms with Gasteiger partial charge in [-0.25, -0.2) is 4.39 Å². The van der Waals surface area contributed by atoms with E-state index in [4.69, 9.17) is 0 Å². The average molecular weight is 279 g/mol. The topological polar surface area (TPSA) is 49.3 Å². The van der Waals surface area contributed by atoms with Crippen LogP contribution in [0, 0.1) is 19.7 Å². The molecule has 0 radical (unpaired) electrons. The number of aryl methyl sites for hydroxylation is 2. The predicted octanol–water partition coefficient (Wildman–Crippen LogP) is 3.14. The number of thiophene rings is 1. The van der Waals surface area contributed by atoms with Crippen molar-refractivity contribution in [3.05, 3.63) is 51.0 Å². The van der Waals surface area contributed by atoms with E-state index in [9.17, 15) is 14.3 Å². The van der Waals surface area contributed by atoms with Crippen molar-refractivity contribution in [3.8, 4) is 5.75 Å².